The summed E-state index contributed by atoms with van der Waals surface area (Å²) in [4.78, 5) is 10.5. The molecular weight excluding hydrogens is 182 g/mol. The number of halogens is 2. The van der Waals surface area contributed by atoms with Crippen molar-refractivity contribution < 1.29 is 18.7 Å². The predicted molar refractivity (Wildman–Crippen MR) is 43.7 cm³/mol. The zero-order chi connectivity index (χ0) is 10.5. The first-order valence-corrected chi connectivity index (χ1v) is 3.84. The number of nitrogens with two attached hydrogens (primary N) is 2. The second kappa shape index (κ2) is 5.08. The summed E-state index contributed by atoms with van der Waals surface area (Å²) in [5.41, 5.74) is 8.33. The Labute approximate surface area is 74.9 Å². The van der Waals surface area contributed by atoms with Gasteiger partial charge in [0.15, 0.2) is 0 Å². The Bertz CT molecular complexity index is 176. The number of alkyl halides is 2. The normalized spacial score (nSPS) is 17.8. The van der Waals surface area contributed by atoms with Crippen LogP contribution in [0.3, 0.4) is 0 Å². The van der Waals surface area contributed by atoms with Crippen LogP contribution in [0.2, 0.25) is 0 Å². The summed E-state index contributed by atoms with van der Waals surface area (Å²) < 4.78 is 24.4. The molecule has 6 heteroatoms. The van der Waals surface area contributed by atoms with Crippen LogP contribution in [0, 0.1) is 5.92 Å². The summed E-state index contributed by atoms with van der Waals surface area (Å²) in [6, 6.07) is 0. The van der Waals surface area contributed by atoms with Gasteiger partial charge in [0.2, 0.25) is 0 Å². The zero-order valence-electron chi connectivity index (χ0n) is 7.17. The van der Waals surface area contributed by atoms with Gasteiger partial charge in [0, 0.05) is 5.92 Å². The molecule has 0 rings (SSSR count). The number of hydrogen-bond acceptors (Lipinski definition) is 3. The Balaban J connectivity index is 4.33. The third-order valence-corrected chi connectivity index (χ3v) is 1.87. The summed E-state index contributed by atoms with van der Waals surface area (Å²) >= 11 is 0. The average Bonchev–Trinajstić information content (AvgIpc) is 2.13. The monoisotopic (exact) mass is 196 g/mol. The van der Waals surface area contributed by atoms with E-state index in [1.165, 1.54) is 0 Å². The summed E-state index contributed by atoms with van der Waals surface area (Å²) in [6.45, 7) is -2.05. The first kappa shape index (κ1) is 12.2. The number of carboxylic acid groups (broad SMARTS) is 1. The molecule has 0 spiro atoms. The van der Waals surface area contributed by atoms with Crippen LogP contribution in [0.5, 0.6) is 0 Å². The lowest BCUT2D eigenvalue weighted by Gasteiger charge is -2.24. The number of rotatable bonds is 6. The van der Waals surface area contributed by atoms with Crippen LogP contribution in [-0.4, -0.2) is 36.5 Å². The third-order valence-electron chi connectivity index (χ3n) is 1.87. The van der Waals surface area contributed by atoms with Gasteiger partial charge in [-0.15, -0.1) is 0 Å². The van der Waals surface area contributed by atoms with E-state index in [1.54, 1.807) is 0 Å². The Morgan fingerprint density at radius 2 is 2.08 bits per heavy atom. The van der Waals surface area contributed by atoms with Crippen molar-refractivity contribution in [2.75, 3.05) is 19.9 Å². The smallest absolute Gasteiger partial charge is 0.326 e. The Hall–Kier alpha value is -0.750. The highest BCUT2D eigenvalue weighted by Gasteiger charge is 2.36. The van der Waals surface area contributed by atoms with E-state index in [4.69, 9.17) is 16.6 Å². The Kier molecular flexibility index (Phi) is 4.79. The fourth-order valence-electron chi connectivity index (χ4n) is 0.915. The molecule has 0 bridgehead atoms. The van der Waals surface area contributed by atoms with Crippen molar-refractivity contribution in [3.8, 4) is 0 Å². The molecule has 0 radical (unpaired) electrons. The largest absolute Gasteiger partial charge is 0.480 e. The van der Waals surface area contributed by atoms with Crippen LogP contribution in [0.25, 0.3) is 0 Å². The maximum Gasteiger partial charge on any atom is 0.326 e. The minimum atomic E-state index is -2.00. The summed E-state index contributed by atoms with van der Waals surface area (Å²) in [7, 11) is 0. The molecule has 13 heavy (non-hydrogen) atoms. The number of carboxylic acids is 1. The lowest BCUT2D eigenvalue weighted by atomic mass is 9.90. The quantitative estimate of drug-likeness (QED) is 0.542. The molecule has 4 nitrogen and oxygen atoms in total. The molecule has 2 atom stereocenters. The molecule has 0 saturated carbocycles. The van der Waals surface area contributed by atoms with E-state index in [0.717, 1.165) is 0 Å². The van der Waals surface area contributed by atoms with Gasteiger partial charge in [0.1, 0.15) is 12.2 Å². The lowest BCUT2D eigenvalue weighted by Crippen LogP contribution is -2.52. The molecule has 0 aromatic rings. The first-order valence-electron chi connectivity index (χ1n) is 3.84. The minimum absolute atomic E-state index is 0.0390. The number of hydrogen-bond donors (Lipinski definition) is 3. The van der Waals surface area contributed by atoms with E-state index < -0.39 is 30.8 Å². The SMILES string of the molecule is NCC(CF)C[C@@](N)(CF)C(=O)O. The van der Waals surface area contributed by atoms with E-state index in [9.17, 15) is 13.6 Å². The van der Waals surface area contributed by atoms with Crippen LogP contribution in [0.1, 0.15) is 6.42 Å². The second-order valence-corrected chi connectivity index (χ2v) is 3.06. The zero-order valence-corrected chi connectivity index (χ0v) is 7.17. The van der Waals surface area contributed by atoms with Crippen LogP contribution < -0.4 is 11.5 Å². The Morgan fingerprint density at radius 1 is 1.54 bits per heavy atom. The summed E-state index contributed by atoms with van der Waals surface area (Å²) in [5, 5.41) is 8.54. The molecule has 0 fully saturated rings. The van der Waals surface area contributed by atoms with Crippen LogP contribution in [-0.2, 0) is 4.79 Å². The highest BCUT2D eigenvalue weighted by Crippen LogP contribution is 2.15. The molecule has 0 amide bonds. The molecular formula is C7H14F2N2O2. The van der Waals surface area contributed by atoms with Crippen molar-refractivity contribution in [2.24, 2.45) is 17.4 Å². The van der Waals surface area contributed by atoms with Crippen molar-refractivity contribution in [2.45, 2.75) is 12.0 Å². The third kappa shape index (κ3) is 3.23. The molecule has 0 aromatic heterocycles. The standard InChI is InChI=1S/C7H14F2N2O2/c8-2-5(3-10)1-7(11,4-9)6(12)13/h5H,1-4,10-11H2,(H,12,13)/t5?,7-/m1/s1. The molecule has 0 aliphatic rings. The van der Waals surface area contributed by atoms with Gasteiger partial charge < -0.3 is 16.6 Å². The number of aliphatic carboxylic acids is 1. The maximum atomic E-state index is 12.3. The summed E-state index contributed by atoms with van der Waals surface area (Å²) in [6.07, 6.45) is -0.286. The molecule has 0 aliphatic carbocycles. The van der Waals surface area contributed by atoms with Gasteiger partial charge in [-0.1, -0.05) is 0 Å². The van der Waals surface area contributed by atoms with E-state index in [-0.39, 0.29) is 13.0 Å². The van der Waals surface area contributed by atoms with Crippen molar-refractivity contribution in [1.29, 1.82) is 0 Å². The van der Waals surface area contributed by atoms with Crippen molar-refractivity contribution in [3.05, 3.63) is 0 Å². The molecule has 0 saturated heterocycles. The van der Waals surface area contributed by atoms with Gasteiger partial charge in [0.25, 0.3) is 0 Å². The topological polar surface area (TPSA) is 89.3 Å². The molecule has 5 N–H and O–H groups in total. The van der Waals surface area contributed by atoms with Crippen molar-refractivity contribution >= 4 is 5.97 Å². The molecule has 0 heterocycles. The van der Waals surface area contributed by atoms with E-state index in [2.05, 4.69) is 0 Å². The van der Waals surface area contributed by atoms with Crippen LogP contribution >= 0.6 is 0 Å². The van der Waals surface area contributed by atoms with Crippen molar-refractivity contribution in [1.82, 2.24) is 0 Å². The Morgan fingerprint density at radius 3 is 2.31 bits per heavy atom. The fourth-order valence-corrected chi connectivity index (χ4v) is 0.915. The van der Waals surface area contributed by atoms with Gasteiger partial charge in [-0.2, -0.15) is 0 Å². The fraction of sp³-hybridized carbons (Fsp3) is 0.857. The van der Waals surface area contributed by atoms with Crippen LogP contribution in [0.4, 0.5) is 8.78 Å². The van der Waals surface area contributed by atoms with Gasteiger partial charge >= 0.3 is 5.97 Å². The van der Waals surface area contributed by atoms with Crippen LogP contribution in [0.15, 0.2) is 0 Å². The highest BCUT2D eigenvalue weighted by molar-refractivity contribution is 5.78. The van der Waals surface area contributed by atoms with Gasteiger partial charge in [-0.25, -0.2) is 4.39 Å². The predicted octanol–water partition coefficient (Wildman–Crippen LogP) is -0.328. The van der Waals surface area contributed by atoms with Crippen molar-refractivity contribution in [3.63, 3.8) is 0 Å². The molecule has 1 unspecified atom stereocenters. The maximum absolute atomic E-state index is 12.3. The minimum Gasteiger partial charge on any atom is -0.480 e. The average molecular weight is 196 g/mol. The molecule has 0 aliphatic heterocycles. The van der Waals surface area contributed by atoms with Gasteiger partial charge in [-0.3, -0.25) is 9.18 Å². The first-order chi connectivity index (χ1) is 6.00. The second-order valence-electron chi connectivity index (χ2n) is 3.06. The van der Waals surface area contributed by atoms with Gasteiger partial charge in [0.05, 0.1) is 6.67 Å². The van der Waals surface area contributed by atoms with E-state index in [1.807, 2.05) is 0 Å². The summed E-state index contributed by atoms with van der Waals surface area (Å²) in [5.74, 6) is -2.17. The molecule has 0 aromatic carbocycles. The van der Waals surface area contributed by atoms with E-state index >= 15 is 0 Å². The van der Waals surface area contributed by atoms with Gasteiger partial charge in [-0.05, 0) is 13.0 Å². The van der Waals surface area contributed by atoms with E-state index in [0.29, 0.717) is 0 Å². The molecule has 78 valence electrons. The number of carbonyl (C=O) groups is 1. The lowest BCUT2D eigenvalue weighted by molar-refractivity contribution is -0.144. The highest BCUT2D eigenvalue weighted by atomic mass is 19.1.